The molecule has 70 valence electrons. The van der Waals surface area contributed by atoms with E-state index in [1.807, 2.05) is 0 Å². The van der Waals surface area contributed by atoms with Gasteiger partial charge in [-0.1, -0.05) is 0 Å². The van der Waals surface area contributed by atoms with Gasteiger partial charge >= 0.3 is 17.8 Å². The average Bonchev–Trinajstić information content (AvgIpc) is 1.85. The summed E-state index contributed by atoms with van der Waals surface area (Å²) in [5.41, 5.74) is 0. The van der Waals surface area contributed by atoms with Crippen LogP contribution in [0.15, 0.2) is 0 Å². The molecule has 1 rings (SSSR count). The standard InChI is InChI=1S/C6H6F4O2/c7-5(8)2-3(1-4(11)12)6(5,9)10/h3H,1-2H2,(H,11,12). The third-order valence-electron chi connectivity index (χ3n) is 1.92. The Hall–Kier alpha value is -0.810. The minimum Gasteiger partial charge on any atom is -0.481 e. The van der Waals surface area contributed by atoms with Crippen molar-refractivity contribution in [2.24, 2.45) is 5.92 Å². The molecule has 1 unspecified atom stereocenters. The molecular weight excluding hydrogens is 180 g/mol. The smallest absolute Gasteiger partial charge is 0.313 e. The zero-order valence-corrected chi connectivity index (χ0v) is 5.86. The lowest BCUT2D eigenvalue weighted by molar-refractivity contribution is -0.313. The molecule has 0 radical (unpaired) electrons. The predicted octanol–water partition coefficient (Wildman–Crippen LogP) is 1.75. The fourth-order valence-electron chi connectivity index (χ4n) is 1.15. The highest BCUT2D eigenvalue weighted by atomic mass is 19.3. The Morgan fingerprint density at radius 1 is 1.42 bits per heavy atom. The third kappa shape index (κ3) is 1.15. The fraction of sp³-hybridized carbons (Fsp3) is 0.833. The summed E-state index contributed by atoms with van der Waals surface area (Å²) in [5, 5.41) is 8.07. The van der Waals surface area contributed by atoms with Crippen molar-refractivity contribution in [2.75, 3.05) is 0 Å². The van der Waals surface area contributed by atoms with Gasteiger partial charge in [-0.15, -0.1) is 0 Å². The van der Waals surface area contributed by atoms with E-state index in [4.69, 9.17) is 5.11 Å². The number of carbonyl (C=O) groups is 1. The summed E-state index contributed by atoms with van der Waals surface area (Å²) in [7, 11) is 0. The maximum atomic E-state index is 12.3. The van der Waals surface area contributed by atoms with Gasteiger partial charge in [-0.05, 0) is 0 Å². The lowest BCUT2D eigenvalue weighted by atomic mass is 9.75. The largest absolute Gasteiger partial charge is 0.481 e. The zero-order valence-electron chi connectivity index (χ0n) is 5.86. The molecule has 1 atom stereocenters. The molecule has 1 aliphatic carbocycles. The highest BCUT2D eigenvalue weighted by Crippen LogP contribution is 2.56. The van der Waals surface area contributed by atoms with E-state index < -0.39 is 36.6 Å². The van der Waals surface area contributed by atoms with E-state index in [0.29, 0.717) is 0 Å². The number of halogens is 4. The average molecular weight is 186 g/mol. The Kier molecular flexibility index (Phi) is 1.81. The minimum absolute atomic E-state index is 0.900. The van der Waals surface area contributed by atoms with Crippen LogP contribution >= 0.6 is 0 Å². The number of rotatable bonds is 2. The first-order valence-corrected chi connectivity index (χ1v) is 3.25. The van der Waals surface area contributed by atoms with Gasteiger partial charge in [-0.2, -0.15) is 17.6 Å². The van der Waals surface area contributed by atoms with Crippen LogP contribution in [0.4, 0.5) is 17.6 Å². The number of alkyl halides is 4. The van der Waals surface area contributed by atoms with Crippen LogP contribution in [0.1, 0.15) is 12.8 Å². The highest BCUT2D eigenvalue weighted by Gasteiger charge is 2.71. The maximum Gasteiger partial charge on any atom is 0.313 e. The first-order valence-electron chi connectivity index (χ1n) is 3.25. The van der Waals surface area contributed by atoms with Gasteiger partial charge < -0.3 is 5.11 Å². The van der Waals surface area contributed by atoms with Crippen molar-refractivity contribution in [3.05, 3.63) is 0 Å². The Bertz CT molecular complexity index is 214. The Labute approximate surface area is 65.2 Å². The first-order chi connectivity index (χ1) is 5.27. The maximum absolute atomic E-state index is 12.3. The molecule has 0 spiro atoms. The quantitative estimate of drug-likeness (QED) is 0.667. The van der Waals surface area contributed by atoms with Crippen LogP contribution < -0.4 is 0 Å². The number of hydrogen-bond acceptors (Lipinski definition) is 1. The van der Waals surface area contributed by atoms with Gasteiger partial charge in [-0.25, -0.2) is 0 Å². The zero-order chi connectivity index (χ0) is 9.57. The lowest BCUT2D eigenvalue weighted by Crippen LogP contribution is -2.59. The molecule has 0 heterocycles. The van der Waals surface area contributed by atoms with Gasteiger partial charge in [0.05, 0.1) is 6.42 Å². The Morgan fingerprint density at radius 2 is 1.92 bits per heavy atom. The van der Waals surface area contributed by atoms with E-state index in [-0.39, 0.29) is 0 Å². The molecule has 1 saturated carbocycles. The van der Waals surface area contributed by atoms with Crippen LogP contribution in [0.5, 0.6) is 0 Å². The third-order valence-corrected chi connectivity index (χ3v) is 1.92. The van der Waals surface area contributed by atoms with Crippen molar-refractivity contribution < 1.29 is 27.5 Å². The summed E-state index contributed by atoms with van der Waals surface area (Å²) in [6.45, 7) is 0. The molecule has 2 nitrogen and oxygen atoms in total. The Morgan fingerprint density at radius 3 is 2.17 bits per heavy atom. The highest BCUT2D eigenvalue weighted by molar-refractivity contribution is 5.67. The molecule has 0 saturated heterocycles. The number of carboxylic acids is 1. The fourth-order valence-corrected chi connectivity index (χ4v) is 1.15. The second-order valence-electron chi connectivity index (χ2n) is 2.83. The molecule has 0 aromatic rings. The molecule has 1 fully saturated rings. The van der Waals surface area contributed by atoms with Crippen LogP contribution in [0.3, 0.4) is 0 Å². The molecule has 0 aliphatic heterocycles. The number of aliphatic carboxylic acids is 1. The van der Waals surface area contributed by atoms with Crippen molar-refractivity contribution in [1.29, 1.82) is 0 Å². The van der Waals surface area contributed by atoms with Gasteiger partial charge in [0.2, 0.25) is 0 Å². The van der Waals surface area contributed by atoms with Crippen molar-refractivity contribution >= 4 is 5.97 Å². The van der Waals surface area contributed by atoms with Crippen molar-refractivity contribution in [3.63, 3.8) is 0 Å². The van der Waals surface area contributed by atoms with E-state index in [1.54, 1.807) is 0 Å². The molecule has 0 aromatic carbocycles. The molecular formula is C6H6F4O2. The second kappa shape index (κ2) is 2.34. The van der Waals surface area contributed by atoms with E-state index >= 15 is 0 Å². The first kappa shape index (κ1) is 9.28. The molecule has 1 aliphatic rings. The molecule has 12 heavy (non-hydrogen) atoms. The van der Waals surface area contributed by atoms with Gasteiger partial charge in [0.15, 0.2) is 0 Å². The summed E-state index contributed by atoms with van der Waals surface area (Å²) in [5.74, 6) is -11.4. The van der Waals surface area contributed by atoms with Crippen molar-refractivity contribution in [2.45, 2.75) is 24.7 Å². The molecule has 6 heteroatoms. The van der Waals surface area contributed by atoms with Crippen LogP contribution in [0.2, 0.25) is 0 Å². The van der Waals surface area contributed by atoms with Crippen LogP contribution in [-0.4, -0.2) is 22.9 Å². The summed E-state index contributed by atoms with van der Waals surface area (Å²) >= 11 is 0. The topological polar surface area (TPSA) is 37.3 Å². The van der Waals surface area contributed by atoms with E-state index in [0.717, 1.165) is 0 Å². The van der Waals surface area contributed by atoms with E-state index in [1.165, 1.54) is 0 Å². The number of hydrogen-bond donors (Lipinski definition) is 1. The van der Waals surface area contributed by atoms with Crippen LogP contribution in [-0.2, 0) is 4.79 Å². The molecule has 1 N–H and O–H groups in total. The molecule has 0 amide bonds. The van der Waals surface area contributed by atoms with Gasteiger partial charge in [0, 0.05) is 12.3 Å². The van der Waals surface area contributed by atoms with Crippen LogP contribution in [0.25, 0.3) is 0 Å². The monoisotopic (exact) mass is 186 g/mol. The summed E-state index contributed by atoms with van der Waals surface area (Å²) in [4.78, 5) is 9.92. The molecule has 0 bridgehead atoms. The van der Waals surface area contributed by atoms with Crippen molar-refractivity contribution in [3.8, 4) is 0 Å². The van der Waals surface area contributed by atoms with Gasteiger partial charge in [0.1, 0.15) is 0 Å². The normalized spacial score (nSPS) is 30.8. The van der Waals surface area contributed by atoms with Gasteiger partial charge in [0.25, 0.3) is 0 Å². The predicted molar refractivity (Wildman–Crippen MR) is 30.3 cm³/mol. The number of carboxylic acid groups (broad SMARTS) is 1. The van der Waals surface area contributed by atoms with Gasteiger partial charge in [-0.3, -0.25) is 4.79 Å². The summed E-state index contributed by atoms with van der Waals surface area (Å²) in [6, 6.07) is 0. The summed E-state index contributed by atoms with van der Waals surface area (Å²) < 4.78 is 48.8. The lowest BCUT2D eigenvalue weighted by Gasteiger charge is -2.43. The Balaban J connectivity index is 2.60. The molecule has 0 aromatic heterocycles. The van der Waals surface area contributed by atoms with E-state index in [2.05, 4.69) is 0 Å². The van der Waals surface area contributed by atoms with Crippen LogP contribution in [0, 0.1) is 5.92 Å². The summed E-state index contributed by atoms with van der Waals surface area (Å²) in [6.07, 6.45) is -1.94. The second-order valence-corrected chi connectivity index (χ2v) is 2.83. The SMILES string of the molecule is O=C(O)CC1CC(F)(F)C1(F)F. The minimum atomic E-state index is -4.15. The van der Waals surface area contributed by atoms with E-state index in [9.17, 15) is 22.4 Å². The van der Waals surface area contributed by atoms with Crippen molar-refractivity contribution in [1.82, 2.24) is 0 Å².